The van der Waals surface area contributed by atoms with Gasteiger partial charge < -0.3 is 4.57 Å². The van der Waals surface area contributed by atoms with E-state index in [0.717, 1.165) is 6.07 Å². The third-order valence-electron chi connectivity index (χ3n) is 5.02. The zero-order valence-electron chi connectivity index (χ0n) is 14.2. The molecule has 0 bridgehead atoms. The highest BCUT2D eigenvalue weighted by Gasteiger charge is 2.33. The molecule has 0 fully saturated rings. The van der Waals surface area contributed by atoms with Crippen LogP contribution in [0, 0.1) is 17.5 Å². The summed E-state index contributed by atoms with van der Waals surface area (Å²) in [7, 11) is 0. The highest BCUT2D eigenvalue weighted by atomic mass is 19.2. The van der Waals surface area contributed by atoms with Gasteiger partial charge in [0.15, 0.2) is 11.6 Å². The van der Waals surface area contributed by atoms with E-state index in [0.29, 0.717) is 28.4 Å². The summed E-state index contributed by atoms with van der Waals surface area (Å²) in [6.07, 6.45) is 1.55. The van der Waals surface area contributed by atoms with Crippen molar-refractivity contribution in [3.8, 4) is 11.4 Å². The van der Waals surface area contributed by atoms with E-state index in [1.807, 2.05) is 0 Å². The van der Waals surface area contributed by atoms with Crippen molar-refractivity contribution in [2.75, 3.05) is 0 Å². The summed E-state index contributed by atoms with van der Waals surface area (Å²) in [5.74, 6) is -3.82. The van der Waals surface area contributed by atoms with Gasteiger partial charge in [0, 0.05) is 23.2 Å². The molecule has 7 heteroatoms. The number of benzene rings is 2. The van der Waals surface area contributed by atoms with Crippen LogP contribution in [0.25, 0.3) is 22.3 Å². The third-order valence-corrected chi connectivity index (χ3v) is 5.02. The van der Waals surface area contributed by atoms with Crippen molar-refractivity contribution in [1.29, 1.82) is 0 Å². The van der Waals surface area contributed by atoms with Gasteiger partial charge in [0.05, 0.1) is 23.4 Å². The van der Waals surface area contributed by atoms with Gasteiger partial charge in [0.1, 0.15) is 11.4 Å². The number of halogens is 3. The Morgan fingerprint density at radius 3 is 2.43 bits per heavy atom. The second-order valence-electron chi connectivity index (χ2n) is 6.58. The Balaban J connectivity index is 1.87. The molecule has 0 radical (unpaired) electrons. The van der Waals surface area contributed by atoms with E-state index in [1.54, 1.807) is 47.2 Å². The Morgan fingerprint density at radius 2 is 1.61 bits per heavy atom. The molecule has 0 aliphatic carbocycles. The second kappa shape index (κ2) is 5.69. The van der Waals surface area contributed by atoms with Crippen LogP contribution in [0.5, 0.6) is 0 Å². The number of aromatic nitrogens is 2. The lowest BCUT2D eigenvalue weighted by Crippen LogP contribution is -2.20. The first-order valence-corrected chi connectivity index (χ1v) is 8.48. The average molecular weight is 380 g/mol. The number of para-hydroxylation sites is 1. The van der Waals surface area contributed by atoms with Gasteiger partial charge in [-0.2, -0.15) is 0 Å². The first kappa shape index (κ1) is 16.6. The van der Waals surface area contributed by atoms with Crippen LogP contribution < -0.4 is 5.43 Å². The number of rotatable bonds is 2. The topological polar surface area (TPSA) is 44.0 Å². The van der Waals surface area contributed by atoms with Crippen molar-refractivity contribution < 1.29 is 18.0 Å². The van der Waals surface area contributed by atoms with Crippen LogP contribution in [0.15, 0.2) is 59.5 Å². The van der Waals surface area contributed by atoms with Crippen LogP contribution >= 0.6 is 0 Å². The fourth-order valence-corrected chi connectivity index (χ4v) is 3.75. The maximum absolute atomic E-state index is 14.3. The minimum absolute atomic E-state index is 0.0164. The van der Waals surface area contributed by atoms with Crippen molar-refractivity contribution >= 4 is 16.8 Å². The first-order valence-electron chi connectivity index (χ1n) is 8.48. The number of hydrogen-bond donors (Lipinski definition) is 0. The van der Waals surface area contributed by atoms with Crippen molar-refractivity contribution in [1.82, 2.24) is 9.13 Å². The van der Waals surface area contributed by atoms with Crippen LogP contribution in [0.1, 0.15) is 15.9 Å². The largest absolute Gasteiger partial charge is 0.334 e. The summed E-state index contributed by atoms with van der Waals surface area (Å²) in [6.45, 7) is -0.176. The van der Waals surface area contributed by atoms with Crippen LogP contribution in [-0.4, -0.2) is 15.0 Å². The summed E-state index contributed by atoms with van der Waals surface area (Å²) in [6, 6.07) is 11.2. The number of fused-ring (bicyclic) bond motifs is 4. The van der Waals surface area contributed by atoms with E-state index in [4.69, 9.17) is 0 Å². The molecule has 5 rings (SSSR count). The van der Waals surface area contributed by atoms with Crippen LogP contribution in [0.4, 0.5) is 13.2 Å². The minimum Gasteiger partial charge on any atom is -0.334 e. The van der Waals surface area contributed by atoms with Crippen LogP contribution in [0.3, 0.4) is 0 Å². The highest BCUT2D eigenvalue weighted by molar-refractivity contribution is 6.10. The zero-order valence-corrected chi connectivity index (χ0v) is 14.2. The number of nitrogens with zero attached hydrogens (tertiary/aromatic N) is 2. The van der Waals surface area contributed by atoms with Gasteiger partial charge in [-0.1, -0.05) is 12.1 Å². The maximum Gasteiger partial charge on any atom is 0.268 e. The number of hydrogen-bond acceptors (Lipinski definition) is 2. The van der Waals surface area contributed by atoms with Gasteiger partial charge >= 0.3 is 0 Å². The molecule has 4 nitrogen and oxygen atoms in total. The van der Waals surface area contributed by atoms with E-state index in [9.17, 15) is 22.8 Å². The molecule has 1 aliphatic rings. The molecular weight excluding hydrogens is 369 g/mol. The molecule has 0 spiro atoms. The zero-order chi connectivity index (χ0) is 19.6. The number of carbonyl (C=O) groups is 1. The normalized spacial score (nSPS) is 12.5. The number of carbonyl (C=O) groups excluding carboxylic acids is 1. The van der Waals surface area contributed by atoms with Crippen LogP contribution in [-0.2, 0) is 6.54 Å². The van der Waals surface area contributed by atoms with Gasteiger partial charge in [0.25, 0.3) is 5.91 Å². The molecular formula is C21H11F3N2O2. The molecule has 1 aliphatic heterocycles. The van der Waals surface area contributed by atoms with Crippen molar-refractivity contribution in [3.63, 3.8) is 0 Å². The van der Waals surface area contributed by atoms with Crippen molar-refractivity contribution in [3.05, 3.63) is 93.5 Å². The average Bonchev–Trinajstić information content (AvgIpc) is 3.26. The quantitative estimate of drug-likeness (QED) is 0.436. The molecule has 4 aromatic rings. The standard InChI is InChI=1S/C21H11F3N2O2/c22-13-9-15(24)14(23)8-11(13)10-26-16-5-2-1-4-12(16)20(27)18-19(26)17-6-3-7-25(17)21(18)28/h1-9H,10H2. The van der Waals surface area contributed by atoms with E-state index >= 15 is 0 Å². The molecule has 138 valence electrons. The Hall–Kier alpha value is -3.61. The summed E-state index contributed by atoms with van der Waals surface area (Å²) < 4.78 is 44.3. The molecule has 2 aromatic carbocycles. The second-order valence-corrected chi connectivity index (χ2v) is 6.58. The first-order chi connectivity index (χ1) is 13.5. The van der Waals surface area contributed by atoms with E-state index in [-0.39, 0.29) is 17.7 Å². The van der Waals surface area contributed by atoms with E-state index in [1.165, 1.54) is 4.57 Å². The molecule has 0 unspecified atom stereocenters. The Bertz CT molecular complexity index is 1370. The number of pyridine rings is 1. The summed E-state index contributed by atoms with van der Waals surface area (Å²) >= 11 is 0. The molecule has 0 atom stereocenters. The summed E-state index contributed by atoms with van der Waals surface area (Å²) in [5, 5.41) is 0.295. The SMILES string of the molecule is O=C1c2c(n(Cc3cc(F)c(F)cc3F)c3ccccc3c2=O)-c2cccn21. The van der Waals surface area contributed by atoms with Gasteiger partial charge in [-0.25, -0.2) is 13.2 Å². The van der Waals surface area contributed by atoms with E-state index in [2.05, 4.69) is 0 Å². The molecule has 0 amide bonds. The summed E-state index contributed by atoms with van der Waals surface area (Å²) in [4.78, 5) is 25.7. The lowest BCUT2D eigenvalue weighted by molar-refractivity contribution is 0.0968. The predicted octanol–water partition coefficient (Wildman–Crippen LogP) is 3.94. The van der Waals surface area contributed by atoms with Gasteiger partial charge in [-0.05, 0) is 30.3 Å². The van der Waals surface area contributed by atoms with Gasteiger partial charge in [-0.3, -0.25) is 14.2 Å². The van der Waals surface area contributed by atoms with Gasteiger partial charge in [-0.15, -0.1) is 0 Å². The molecule has 28 heavy (non-hydrogen) atoms. The minimum atomic E-state index is -1.28. The molecule has 0 saturated carbocycles. The Morgan fingerprint density at radius 1 is 0.857 bits per heavy atom. The monoisotopic (exact) mass is 380 g/mol. The smallest absolute Gasteiger partial charge is 0.268 e. The fraction of sp³-hybridized carbons (Fsp3) is 0.0476. The summed E-state index contributed by atoms with van der Waals surface area (Å²) in [5.41, 5.74) is 0.775. The molecule has 2 aromatic heterocycles. The van der Waals surface area contributed by atoms with Crippen molar-refractivity contribution in [2.45, 2.75) is 6.54 Å². The molecule has 3 heterocycles. The van der Waals surface area contributed by atoms with E-state index < -0.39 is 28.8 Å². The Labute approximate surface area is 156 Å². The third kappa shape index (κ3) is 2.13. The molecule has 0 saturated heterocycles. The predicted molar refractivity (Wildman–Crippen MR) is 96.8 cm³/mol. The fourth-order valence-electron chi connectivity index (χ4n) is 3.75. The van der Waals surface area contributed by atoms with Gasteiger partial charge in [0.2, 0.25) is 5.43 Å². The maximum atomic E-state index is 14.3. The Kier molecular flexibility index (Phi) is 3.37. The van der Waals surface area contributed by atoms with Crippen molar-refractivity contribution in [2.24, 2.45) is 0 Å². The lowest BCUT2D eigenvalue weighted by Gasteiger charge is -2.17. The lowest BCUT2D eigenvalue weighted by atomic mass is 10.1. The van der Waals surface area contributed by atoms with Crippen LogP contribution in [0.2, 0.25) is 0 Å². The highest BCUT2D eigenvalue weighted by Crippen LogP contribution is 2.33. The molecule has 0 N–H and O–H groups in total.